The predicted molar refractivity (Wildman–Crippen MR) is 95.9 cm³/mol. The van der Waals surface area contributed by atoms with Gasteiger partial charge in [-0.25, -0.2) is 4.68 Å². The molecule has 0 spiro atoms. The third-order valence-corrected chi connectivity index (χ3v) is 4.70. The largest absolute Gasteiger partial charge is 0.310 e. The van der Waals surface area contributed by atoms with Gasteiger partial charge in [0.25, 0.3) is 0 Å². The van der Waals surface area contributed by atoms with E-state index in [9.17, 15) is 0 Å². The van der Waals surface area contributed by atoms with Crippen LogP contribution >= 0.6 is 0 Å². The summed E-state index contributed by atoms with van der Waals surface area (Å²) in [6, 6.07) is 15.0. The smallest absolute Gasteiger partial charge is 0.0973 e. The summed E-state index contributed by atoms with van der Waals surface area (Å²) in [5, 5.41) is 8.55. The normalized spacial score (nSPS) is 15.0. The van der Waals surface area contributed by atoms with Crippen molar-refractivity contribution in [2.45, 2.75) is 38.3 Å². The molecule has 0 unspecified atom stereocenters. The Balaban J connectivity index is 1.65. The van der Waals surface area contributed by atoms with Gasteiger partial charge in [-0.05, 0) is 37.1 Å². The van der Waals surface area contributed by atoms with Gasteiger partial charge >= 0.3 is 0 Å². The quantitative estimate of drug-likeness (QED) is 0.774. The number of para-hydroxylation sites is 1. The third-order valence-electron chi connectivity index (χ3n) is 4.70. The zero-order chi connectivity index (χ0) is 16.2. The Kier molecular flexibility index (Phi) is 4.38. The average molecular weight is 318 g/mol. The molecule has 4 rings (SSSR count). The molecule has 0 aliphatic heterocycles. The van der Waals surface area contributed by atoms with Crippen molar-refractivity contribution >= 4 is 0 Å². The second kappa shape index (κ2) is 6.97. The van der Waals surface area contributed by atoms with Gasteiger partial charge in [-0.15, -0.1) is 0 Å². The monoisotopic (exact) mass is 318 g/mol. The zero-order valence-corrected chi connectivity index (χ0v) is 13.7. The van der Waals surface area contributed by atoms with Crippen molar-refractivity contribution in [3.8, 4) is 16.9 Å². The summed E-state index contributed by atoms with van der Waals surface area (Å²) in [4.78, 5) is 4.12. The Bertz CT molecular complexity index is 774. The van der Waals surface area contributed by atoms with Crippen LogP contribution in [0, 0.1) is 0 Å². The molecule has 1 aliphatic rings. The van der Waals surface area contributed by atoms with Crippen molar-refractivity contribution in [3.63, 3.8) is 0 Å². The highest BCUT2D eigenvalue weighted by Crippen LogP contribution is 2.24. The van der Waals surface area contributed by atoms with E-state index in [-0.39, 0.29) is 0 Å². The molecular formula is C20H22N4. The fourth-order valence-corrected chi connectivity index (χ4v) is 3.39. The second-order valence-electron chi connectivity index (χ2n) is 6.38. The van der Waals surface area contributed by atoms with E-state index in [1.807, 2.05) is 47.4 Å². The summed E-state index contributed by atoms with van der Waals surface area (Å²) in [5.74, 6) is 0. The standard InChI is InChI=1S/C20H22N4/c1-2-8-19(9-3-1)24-15-17(14-22-18-6-4-5-7-18)20(23-24)16-10-12-21-13-11-16/h1-3,8-13,15,18,22H,4-7,14H2. The maximum absolute atomic E-state index is 4.84. The molecule has 4 nitrogen and oxygen atoms in total. The van der Waals surface area contributed by atoms with Gasteiger partial charge in [0.1, 0.15) is 0 Å². The molecule has 1 N–H and O–H groups in total. The first-order valence-corrected chi connectivity index (χ1v) is 8.68. The van der Waals surface area contributed by atoms with Crippen LogP contribution < -0.4 is 5.32 Å². The minimum Gasteiger partial charge on any atom is -0.310 e. The Morgan fingerprint density at radius 1 is 1.00 bits per heavy atom. The molecule has 0 bridgehead atoms. The molecule has 1 fully saturated rings. The summed E-state index contributed by atoms with van der Waals surface area (Å²) in [7, 11) is 0. The fraction of sp³-hybridized carbons (Fsp3) is 0.300. The summed E-state index contributed by atoms with van der Waals surface area (Å²) in [5.41, 5.74) is 4.46. The highest BCUT2D eigenvalue weighted by Gasteiger charge is 2.17. The minimum absolute atomic E-state index is 0.648. The van der Waals surface area contributed by atoms with Crippen LogP contribution in [0.5, 0.6) is 0 Å². The molecule has 2 aromatic heterocycles. The minimum atomic E-state index is 0.648. The second-order valence-corrected chi connectivity index (χ2v) is 6.38. The van der Waals surface area contributed by atoms with E-state index >= 15 is 0 Å². The van der Waals surface area contributed by atoms with Gasteiger partial charge in [0.15, 0.2) is 0 Å². The third kappa shape index (κ3) is 3.24. The Hall–Kier alpha value is -2.46. The maximum atomic E-state index is 4.84. The van der Waals surface area contributed by atoms with Gasteiger partial charge in [0.2, 0.25) is 0 Å². The van der Waals surface area contributed by atoms with Crippen molar-refractivity contribution in [2.75, 3.05) is 0 Å². The lowest BCUT2D eigenvalue weighted by Gasteiger charge is -2.11. The number of hydrogen-bond acceptors (Lipinski definition) is 3. The molecule has 122 valence electrons. The Morgan fingerprint density at radius 2 is 1.75 bits per heavy atom. The Morgan fingerprint density at radius 3 is 2.50 bits per heavy atom. The van der Waals surface area contributed by atoms with Crippen LogP contribution in [0.3, 0.4) is 0 Å². The van der Waals surface area contributed by atoms with Crippen LogP contribution in [0.15, 0.2) is 61.1 Å². The zero-order valence-electron chi connectivity index (χ0n) is 13.7. The van der Waals surface area contributed by atoms with Gasteiger partial charge in [-0.3, -0.25) is 4.98 Å². The van der Waals surface area contributed by atoms with E-state index < -0.39 is 0 Å². The number of benzene rings is 1. The fourth-order valence-electron chi connectivity index (χ4n) is 3.39. The number of aromatic nitrogens is 3. The summed E-state index contributed by atoms with van der Waals surface area (Å²) in [6.07, 6.45) is 11.1. The van der Waals surface area contributed by atoms with Gasteiger partial charge < -0.3 is 5.32 Å². The number of pyridine rings is 1. The Labute approximate surface area is 142 Å². The molecule has 3 aromatic rings. The number of nitrogens with zero attached hydrogens (tertiary/aromatic N) is 3. The summed E-state index contributed by atoms with van der Waals surface area (Å²) in [6.45, 7) is 0.856. The number of nitrogens with one attached hydrogen (secondary N) is 1. The van der Waals surface area contributed by atoms with Crippen LogP contribution in [0.4, 0.5) is 0 Å². The summed E-state index contributed by atoms with van der Waals surface area (Å²) >= 11 is 0. The first-order valence-electron chi connectivity index (χ1n) is 8.68. The number of hydrogen-bond donors (Lipinski definition) is 1. The maximum Gasteiger partial charge on any atom is 0.0973 e. The molecular weight excluding hydrogens is 296 g/mol. The predicted octanol–water partition coefficient (Wildman–Crippen LogP) is 3.97. The van der Waals surface area contributed by atoms with Crippen LogP contribution in [-0.2, 0) is 6.54 Å². The van der Waals surface area contributed by atoms with Crippen molar-refractivity contribution < 1.29 is 0 Å². The van der Waals surface area contributed by atoms with E-state index in [0.717, 1.165) is 23.5 Å². The first-order chi connectivity index (χ1) is 11.9. The molecule has 0 radical (unpaired) electrons. The molecule has 2 heterocycles. The van der Waals surface area contributed by atoms with Crippen molar-refractivity contribution in [3.05, 3.63) is 66.6 Å². The van der Waals surface area contributed by atoms with Crippen LogP contribution in [0.25, 0.3) is 16.9 Å². The molecule has 24 heavy (non-hydrogen) atoms. The molecule has 1 saturated carbocycles. The molecule has 0 saturated heterocycles. The molecule has 4 heteroatoms. The van der Waals surface area contributed by atoms with Crippen LogP contribution in [0.2, 0.25) is 0 Å². The van der Waals surface area contributed by atoms with E-state index in [1.165, 1.54) is 31.2 Å². The lowest BCUT2D eigenvalue weighted by molar-refractivity contribution is 0.524. The van der Waals surface area contributed by atoms with Crippen molar-refractivity contribution in [2.24, 2.45) is 0 Å². The lowest BCUT2D eigenvalue weighted by atomic mass is 10.1. The molecule has 0 amide bonds. The highest BCUT2D eigenvalue weighted by atomic mass is 15.3. The molecule has 1 aromatic carbocycles. The van der Waals surface area contributed by atoms with Gasteiger partial charge in [0.05, 0.1) is 11.4 Å². The average Bonchev–Trinajstić information content (AvgIpc) is 3.31. The van der Waals surface area contributed by atoms with Crippen molar-refractivity contribution in [1.29, 1.82) is 0 Å². The van der Waals surface area contributed by atoms with E-state index in [1.54, 1.807) is 0 Å². The topological polar surface area (TPSA) is 42.7 Å². The number of rotatable bonds is 5. The van der Waals surface area contributed by atoms with E-state index in [2.05, 4.69) is 28.6 Å². The van der Waals surface area contributed by atoms with Gasteiger partial charge in [0, 0.05) is 42.3 Å². The lowest BCUT2D eigenvalue weighted by Crippen LogP contribution is -2.25. The molecule has 1 aliphatic carbocycles. The summed E-state index contributed by atoms with van der Waals surface area (Å²) < 4.78 is 1.97. The van der Waals surface area contributed by atoms with Crippen molar-refractivity contribution in [1.82, 2.24) is 20.1 Å². The highest BCUT2D eigenvalue weighted by molar-refractivity contribution is 5.62. The SMILES string of the molecule is c1ccc(-n2cc(CNC3CCCC3)c(-c3ccncc3)n2)cc1. The van der Waals surface area contributed by atoms with Crippen LogP contribution in [-0.4, -0.2) is 20.8 Å². The van der Waals surface area contributed by atoms with E-state index in [0.29, 0.717) is 6.04 Å². The van der Waals surface area contributed by atoms with E-state index in [4.69, 9.17) is 5.10 Å². The van der Waals surface area contributed by atoms with Gasteiger partial charge in [-0.1, -0.05) is 31.0 Å². The van der Waals surface area contributed by atoms with Crippen LogP contribution in [0.1, 0.15) is 31.2 Å². The first kappa shape index (κ1) is 15.1. The molecule has 0 atom stereocenters. The van der Waals surface area contributed by atoms with Gasteiger partial charge in [-0.2, -0.15) is 5.10 Å².